The third-order valence-corrected chi connectivity index (χ3v) is 4.64. The van der Waals surface area contributed by atoms with Crippen LogP contribution in [0.15, 0.2) is 34.5 Å². The molecule has 2 N–H and O–H groups in total. The van der Waals surface area contributed by atoms with Gasteiger partial charge in [0.25, 0.3) is 5.91 Å². The van der Waals surface area contributed by atoms with Crippen LogP contribution < -0.4 is 5.32 Å². The van der Waals surface area contributed by atoms with Crippen molar-refractivity contribution in [2.75, 3.05) is 11.6 Å². The molecule has 0 bridgehead atoms. The number of rotatable bonds is 4. The molecule has 0 saturated carbocycles. The van der Waals surface area contributed by atoms with Crippen LogP contribution in [-0.4, -0.2) is 23.2 Å². The standard InChI is InChI=1S/C14H13NO3S2/c1-8-7-20-12(14(17)18)11(8)15-13(16)9-5-3-4-6-10(9)19-2/h3-7H,1-2H3,(H,15,16)(H,17,18). The molecule has 1 aromatic carbocycles. The van der Waals surface area contributed by atoms with Crippen LogP contribution in [0.2, 0.25) is 0 Å². The van der Waals surface area contributed by atoms with Gasteiger partial charge < -0.3 is 10.4 Å². The molecule has 0 aliphatic heterocycles. The zero-order chi connectivity index (χ0) is 14.7. The number of amides is 1. The van der Waals surface area contributed by atoms with Gasteiger partial charge in [0.1, 0.15) is 4.88 Å². The number of carbonyl (C=O) groups excluding carboxylic acids is 1. The molecular formula is C14H13NO3S2. The number of thioether (sulfide) groups is 1. The van der Waals surface area contributed by atoms with E-state index >= 15 is 0 Å². The van der Waals surface area contributed by atoms with Crippen LogP contribution in [0.4, 0.5) is 5.69 Å². The highest BCUT2D eigenvalue weighted by Crippen LogP contribution is 2.29. The van der Waals surface area contributed by atoms with Crippen molar-refractivity contribution >= 4 is 40.7 Å². The lowest BCUT2D eigenvalue weighted by Gasteiger charge is -2.09. The highest BCUT2D eigenvalue weighted by Gasteiger charge is 2.19. The maximum absolute atomic E-state index is 12.3. The molecule has 0 spiro atoms. The Hall–Kier alpha value is -1.79. The SMILES string of the molecule is CSc1ccccc1C(=O)Nc1c(C)csc1C(=O)O. The van der Waals surface area contributed by atoms with Gasteiger partial charge in [-0.3, -0.25) is 4.79 Å². The highest BCUT2D eigenvalue weighted by atomic mass is 32.2. The number of thiophene rings is 1. The van der Waals surface area contributed by atoms with Gasteiger partial charge in [-0.05, 0) is 36.3 Å². The Balaban J connectivity index is 2.33. The molecule has 0 aliphatic carbocycles. The number of carbonyl (C=O) groups is 2. The van der Waals surface area contributed by atoms with Gasteiger partial charge in [-0.25, -0.2) is 4.79 Å². The summed E-state index contributed by atoms with van der Waals surface area (Å²) in [6.07, 6.45) is 1.89. The first-order valence-corrected chi connectivity index (χ1v) is 7.90. The van der Waals surface area contributed by atoms with Crippen molar-refractivity contribution in [1.82, 2.24) is 0 Å². The molecule has 6 heteroatoms. The predicted octanol–water partition coefficient (Wildman–Crippen LogP) is 3.73. The number of aromatic carboxylic acids is 1. The predicted molar refractivity (Wildman–Crippen MR) is 82.2 cm³/mol. The van der Waals surface area contributed by atoms with Crippen molar-refractivity contribution in [2.45, 2.75) is 11.8 Å². The Morgan fingerprint density at radius 3 is 2.65 bits per heavy atom. The summed E-state index contributed by atoms with van der Waals surface area (Å²) in [6, 6.07) is 7.23. The second-order valence-electron chi connectivity index (χ2n) is 4.08. The van der Waals surface area contributed by atoms with Crippen molar-refractivity contribution < 1.29 is 14.7 Å². The van der Waals surface area contributed by atoms with Crippen LogP contribution in [0.1, 0.15) is 25.6 Å². The molecule has 1 amide bonds. The van der Waals surface area contributed by atoms with Crippen LogP contribution in [0.5, 0.6) is 0 Å². The van der Waals surface area contributed by atoms with E-state index in [1.165, 1.54) is 11.8 Å². The fraction of sp³-hybridized carbons (Fsp3) is 0.143. The smallest absolute Gasteiger partial charge is 0.348 e. The molecule has 1 heterocycles. The van der Waals surface area contributed by atoms with Crippen molar-refractivity contribution in [3.8, 4) is 0 Å². The average molecular weight is 307 g/mol. The van der Waals surface area contributed by atoms with Crippen molar-refractivity contribution in [3.05, 3.63) is 45.6 Å². The van der Waals surface area contributed by atoms with E-state index < -0.39 is 5.97 Å². The number of hydrogen-bond acceptors (Lipinski definition) is 4. The molecule has 0 fully saturated rings. The van der Waals surface area contributed by atoms with E-state index in [1.807, 2.05) is 18.4 Å². The molecule has 0 atom stereocenters. The van der Waals surface area contributed by atoms with E-state index in [0.717, 1.165) is 21.8 Å². The first kappa shape index (κ1) is 14.6. The van der Waals surface area contributed by atoms with Gasteiger partial charge >= 0.3 is 5.97 Å². The Bertz CT molecular complexity index is 664. The summed E-state index contributed by atoms with van der Waals surface area (Å²) in [5.41, 5.74) is 1.67. The summed E-state index contributed by atoms with van der Waals surface area (Å²) in [5.74, 6) is -1.32. The van der Waals surface area contributed by atoms with Gasteiger partial charge in [0, 0.05) is 4.90 Å². The zero-order valence-electron chi connectivity index (χ0n) is 11.0. The molecule has 2 rings (SSSR count). The second kappa shape index (κ2) is 6.11. The lowest BCUT2D eigenvalue weighted by Crippen LogP contribution is -2.15. The molecular weight excluding hydrogens is 294 g/mol. The van der Waals surface area contributed by atoms with E-state index in [2.05, 4.69) is 5.32 Å². The maximum atomic E-state index is 12.3. The first-order chi connectivity index (χ1) is 9.54. The molecule has 2 aromatic rings. The average Bonchev–Trinajstić information content (AvgIpc) is 2.80. The minimum absolute atomic E-state index is 0.150. The summed E-state index contributed by atoms with van der Waals surface area (Å²) in [4.78, 5) is 24.4. The first-order valence-electron chi connectivity index (χ1n) is 5.80. The summed E-state index contributed by atoms with van der Waals surface area (Å²) < 4.78 is 0. The fourth-order valence-electron chi connectivity index (χ4n) is 1.77. The number of carboxylic acids is 1. The molecule has 0 saturated heterocycles. The maximum Gasteiger partial charge on any atom is 0.348 e. The van der Waals surface area contributed by atoms with Crippen molar-refractivity contribution in [2.24, 2.45) is 0 Å². The number of carboxylic acid groups (broad SMARTS) is 1. The highest BCUT2D eigenvalue weighted by molar-refractivity contribution is 7.98. The second-order valence-corrected chi connectivity index (χ2v) is 5.81. The number of aryl methyl sites for hydroxylation is 1. The quantitative estimate of drug-likeness (QED) is 0.845. The normalized spacial score (nSPS) is 10.3. The van der Waals surface area contributed by atoms with Gasteiger partial charge in [-0.2, -0.15) is 0 Å². The largest absolute Gasteiger partial charge is 0.477 e. The number of nitrogens with one attached hydrogen (secondary N) is 1. The Morgan fingerprint density at radius 1 is 1.30 bits per heavy atom. The van der Waals surface area contributed by atoms with Crippen molar-refractivity contribution in [3.63, 3.8) is 0 Å². The third-order valence-electron chi connectivity index (χ3n) is 2.76. The van der Waals surface area contributed by atoms with Gasteiger partial charge in [-0.1, -0.05) is 12.1 Å². The molecule has 0 aliphatic rings. The minimum atomic E-state index is -1.03. The van der Waals surface area contributed by atoms with Gasteiger partial charge in [0.2, 0.25) is 0 Å². The zero-order valence-corrected chi connectivity index (χ0v) is 12.6. The van der Waals surface area contributed by atoms with Gasteiger partial charge in [0.05, 0.1) is 11.3 Å². The van der Waals surface area contributed by atoms with Crippen LogP contribution in [0, 0.1) is 6.92 Å². The van der Waals surface area contributed by atoms with E-state index in [1.54, 1.807) is 24.4 Å². The monoisotopic (exact) mass is 307 g/mol. The molecule has 20 heavy (non-hydrogen) atoms. The topological polar surface area (TPSA) is 66.4 Å². The third kappa shape index (κ3) is 2.86. The Morgan fingerprint density at radius 2 is 2.00 bits per heavy atom. The van der Waals surface area contributed by atoms with Crippen LogP contribution >= 0.6 is 23.1 Å². The van der Waals surface area contributed by atoms with Gasteiger partial charge in [0.15, 0.2) is 0 Å². The molecule has 0 unspecified atom stereocenters. The molecule has 0 radical (unpaired) electrons. The molecule has 4 nitrogen and oxygen atoms in total. The number of hydrogen-bond donors (Lipinski definition) is 2. The summed E-state index contributed by atoms with van der Waals surface area (Å²) in [6.45, 7) is 1.78. The lowest BCUT2D eigenvalue weighted by molar-refractivity contribution is 0.0703. The number of benzene rings is 1. The summed E-state index contributed by atoms with van der Waals surface area (Å²) >= 11 is 2.59. The Kier molecular flexibility index (Phi) is 4.46. The van der Waals surface area contributed by atoms with Gasteiger partial charge in [-0.15, -0.1) is 23.1 Å². The summed E-state index contributed by atoms with van der Waals surface area (Å²) in [7, 11) is 0. The molecule has 1 aromatic heterocycles. The Labute approximate surface area is 124 Å². The van der Waals surface area contributed by atoms with E-state index in [-0.39, 0.29) is 10.8 Å². The van der Waals surface area contributed by atoms with Crippen LogP contribution in [0.3, 0.4) is 0 Å². The van der Waals surface area contributed by atoms with E-state index in [0.29, 0.717) is 11.3 Å². The minimum Gasteiger partial charge on any atom is -0.477 e. The van der Waals surface area contributed by atoms with Crippen LogP contribution in [-0.2, 0) is 0 Å². The fourth-order valence-corrected chi connectivity index (χ4v) is 3.21. The van der Waals surface area contributed by atoms with E-state index in [4.69, 9.17) is 5.11 Å². The van der Waals surface area contributed by atoms with Crippen molar-refractivity contribution in [1.29, 1.82) is 0 Å². The van der Waals surface area contributed by atoms with Crippen LogP contribution in [0.25, 0.3) is 0 Å². The number of anilines is 1. The van der Waals surface area contributed by atoms with E-state index in [9.17, 15) is 9.59 Å². The summed E-state index contributed by atoms with van der Waals surface area (Å²) in [5, 5.41) is 13.5. The lowest BCUT2D eigenvalue weighted by atomic mass is 10.2. The molecule has 104 valence electrons.